The van der Waals surface area contributed by atoms with E-state index in [1.807, 2.05) is 21.0 Å². The van der Waals surface area contributed by atoms with Crippen LogP contribution >= 0.6 is 20.1 Å². The van der Waals surface area contributed by atoms with E-state index >= 15 is 0 Å². The summed E-state index contributed by atoms with van der Waals surface area (Å²) in [7, 11) is 1.89. The van der Waals surface area contributed by atoms with E-state index in [1.54, 1.807) is 0 Å². The number of carbonyl (C=O) groups excluding carboxylic acids is 1. The molecule has 0 aromatic rings. The Hall–Kier alpha value is 0.0000000000000000347. The van der Waals surface area contributed by atoms with Crippen LogP contribution in [0.2, 0.25) is 0 Å². The normalized spacial score (nSPS) is 51.1. The molecule has 0 radical (unpaired) electrons. The van der Waals surface area contributed by atoms with E-state index in [1.165, 1.54) is 12.8 Å². The molecule has 8 heteroatoms. The van der Waals surface area contributed by atoms with Crippen molar-refractivity contribution in [2.45, 2.75) is 160 Å². The van der Waals surface area contributed by atoms with Crippen LogP contribution in [-0.4, -0.2) is 67.8 Å². The first-order valence-corrected chi connectivity index (χ1v) is 22.4. The summed E-state index contributed by atoms with van der Waals surface area (Å²) in [6.07, 6.45) is 8.27. The van der Waals surface area contributed by atoms with Crippen LogP contribution in [0.4, 0.5) is 0 Å². The molecule has 0 aromatic heterocycles. The molecular weight excluding hydrogens is 681 g/mol. The Balaban J connectivity index is 1.30. The molecule has 6 rings (SSSR count). The first-order chi connectivity index (χ1) is 20.6. The molecule has 1 saturated heterocycles. The molecule has 2 unspecified atom stereocenters. The average molecular weight is 746 g/mol. The van der Waals surface area contributed by atoms with Gasteiger partial charge in [-0.25, -0.2) is 0 Å². The number of carbonyl (C=O) groups is 1. The number of esters is 1. The number of halogens is 1. The van der Waals surface area contributed by atoms with Gasteiger partial charge in [-0.3, -0.25) is 0 Å². The molecule has 6 aliphatic rings. The third kappa shape index (κ3) is 4.66. The van der Waals surface area contributed by atoms with Gasteiger partial charge in [0.05, 0.1) is 17.3 Å². The number of ether oxygens (including phenoxy) is 3. The zero-order valence-electron chi connectivity index (χ0n) is 30.0. The molecule has 0 aromatic carbocycles. The molecule has 260 valence electrons. The van der Waals surface area contributed by atoms with Crippen LogP contribution in [0, 0.1) is 50.7 Å². The maximum atomic E-state index is 13.5. The van der Waals surface area contributed by atoms with Gasteiger partial charge < -0.3 is 14.9 Å². The Labute approximate surface area is 280 Å². The minimum atomic E-state index is -1.88. The second-order valence-electron chi connectivity index (χ2n) is 18.7. The van der Waals surface area contributed by atoms with Gasteiger partial charge in [-0.1, -0.05) is 0 Å². The quantitative estimate of drug-likeness (QED) is 0.116. The fourth-order valence-corrected chi connectivity index (χ4v) is 16.8. The zero-order valence-corrected chi connectivity index (χ0v) is 32.2. The van der Waals surface area contributed by atoms with Gasteiger partial charge in [0, 0.05) is 0 Å². The van der Waals surface area contributed by atoms with E-state index in [-0.39, 0.29) is 67.1 Å². The molecule has 2 spiro atoms. The van der Waals surface area contributed by atoms with Crippen molar-refractivity contribution < 1.29 is 29.2 Å². The minimum absolute atomic E-state index is 0.0301. The van der Waals surface area contributed by atoms with Crippen LogP contribution in [0.5, 0.6) is 0 Å². The summed E-state index contributed by atoms with van der Waals surface area (Å²) in [6, 6.07) is 0. The Morgan fingerprint density at radius 3 is 2.22 bits per heavy atom. The van der Waals surface area contributed by atoms with E-state index < -0.39 is 37.4 Å². The molecule has 6 fully saturated rings. The van der Waals surface area contributed by atoms with Crippen LogP contribution in [0.3, 0.4) is 0 Å². The molecule has 7 nitrogen and oxygen atoms in total. The molecule has 5 aliphatic carbocycles. The molecule has 4 N–H and O–H groups in total. The van der Waals surface area contributed by atoms with Crippen molar-refractivity contribution in [3.05, 3.63) is 0 Å². The second-order valence-corrected chi connectivity index (χ2v) is 23.3. The van der Waals surface area contributed by atoms with Crippen molar-refractivity contribution in [1.82, 2.24) is 0 Å². The fourth-order valence-electron chi connectivity index (χ4n) is 13.5. The number of hydrogen-bond acceptors (Lipinski definition) is 7. The number of hydrogen-bond donors (Lipinski definition) is 3. The van der Waals surface area contributed by atoms with Crippen molar-refractivity contribution in [2.24, 2.45) is 54.7 Å². The Morgan fingerprint density at radius 1 is 1.00 bits per heavy atom. The molecule has 13 atom stereocenters. The van der Waals surface area contributed by atoms with Gasteiger partial charge in [-0.15, -0.1) is 0 Å². The predicted molar refractivity (Wildman–Crippen MR) is 186 cm³/mol. The second kappa shape index (κ2) is 10.7. The number of nitrogens with two attached hydrogens (primary N) is 1. The van der Waals surface area contributed by atoms with E-state index in [4.69, 9.17) is 18.2 Å². The van der Waals surface area contributed by atoms with Crippen LogP contribution in [0.1, 0.15) is 120 Å². The number of aliphatic hydroxyl groups is 2. The number of alkyl halides is 2. The number of aliphatic hydroxyl groups excluding tert-OH is 1. The summed E-state index contributed by atoms with van der Waals surface area (Å²) < 4.78 is 26.0. The van der Waals surface area contributed by atoms with Gasteiger partial charge in [0.1, 0.15) is 0 Å². The molecular formula is C37H64INO6. The van der Waals surface area contributed by atoms with Crippen LogP contribution < -0.4 is 3.95 Å². The Bertz CT molecular complexity index is 1180. The standard InChI is InChI=1S/C37H64INO6/c1-21(2)27(38(10)39)30(41)44-25-13-15-37-20-36(37)17-16-33(7)28(35(9)14-12-26(45-35)32(5,6)42)22(40)19-34(33,8)24(36)18-23(43-11)29(37)31(25,3)4/h21-29,40,42H,12-20,39H2,1-11H3/t22-,23-,24?,25-,26-,27-,28-,29-,33+,34-,35+,36?,37+/m0/s1. The predicted octanol–water partition coefficient (Wildman–Crippen LogP) is 6.68. The fraction of sp³-hybridized carbons (Fsp3) is 0.973. The first-order valence-electron chi connectivity index (χ1n) is 17.8. The van der Waals surface area contributed by atoms with Crippen molar-refractivity contribution in [3.8, 4) is 0 Å². The van der Waals surface area contributed by atoms with Gasteiger partial charge in [0.15, 0.2) is 0 Å². The monoisotopic (exact) mass is 745 g/mol. The molecule has 1 aliphatic heterocycles. The van der Waals surface area contributed by atoms with Crippen LogP contribution in [0.25, 0.3) is 0 Å². The molecule has 45 heavy (non-hydrogen) atoms. The third-order valence-electron chi connectivity index (χ3n) is 15.5. The van der Waals surface area contributed by atoms with Crippen molar-refractivity contribution in [3.63, 3.8) is 0 Å². The van der Waals surface area contributed by atoms with Gasteiger partial charge in [-0.05, 0) is 33.6 Å². The number of methoxy groups -OCH3 is 1. The Kier molecular flexibility index (Phi) is 8.32. The molecule has 0 amide bonds. The summed E-state index contributed by atoms with van der Waals surface area (Å²) in [6.45, 7) is 19.7. The van der Waals surface area contributed by atoms with E-state index in [2.05, 4.69) is 53.4 Å². The van der Waals surface area contributed by atoms with Crippen molar-refractivity contribution >= 4 is 26.1 Å². The van der Waals surface area contributed by atoms with E-state index in [0.717, 1.165) is 44.9 Å². The average Bonchev–Trinajstić information content (AvgIpc) is 3.27. The Morgan fingerprint density at radius 2 is 1.67 bits per heavy atom. The number of rotatable bonds is 7. The van der Waals surface area contributed by atoms with E-state index in [0.29, 0.717) is 11.8 Å². The molecule has 1 heterocycles. The molecule has 5 saturated carbocycles. The first kappa shape index (κ1) is 34.8. The number of fused-ring (bicyclic) bond motifs is 2. The van der Waals surface area contributed by atoms with Gasteiger partial charge in [-0.2, -0.15) is 0 Å². The van der Waals surface area contributed by atoms with E-state index in [9.17, 15) is 15.0 Å². The molecule has 0 bridgehead atoms. The van der Waals surface area contributed by atoms with Crippen molar-refractivity contribution in [2.75, 3.05) is 12.0 Å². The summed E-state index contributed by atoms with van der Waals surface area (Å²) in [5.41, 5.74) is -1.24. The summed E-state index contributed by atoms with van der Waals surface area (Å²) in [5, 5.41) is 22.8. The topological polar surface area (TPSA) is 111 Å². The summed E-state index contributed by atoms with van der Waals surface area (Å²) >= 11 is -1.88. The van der Waals surface area contributed by atoms with Gasteiger partial charge in [0.2, 0.25) is 0 Å². The van der Waals surface area contributed by atoms with Crippen LogP contribution in [-0.2, 0) is 19.0 Å². The van der Waals surface area contributed by atoms with Gasteiger partial charge >= 0.3 is 216 Å². The SMILES string of the molecule is CO[C@H]1CC2C3(CC[C@]4(C)[C@@H]([C@@]5(C)CC[C@@H](C(C)(C)O)O5)[C@@H](O)C[C@@]24C)C[C@@]32CC[C@H](OC(=O)[C@H](C(C)C)I(C)N)C(C)(C)[C@H]12. The summed E-state index contributed by atoms with van der Waals surface area (Å²) in [4.78, 5) is 15.6. The zero-order chi connectivity index (χ0) is 33.3. The third-order valence-corrected chi connectivity index (χ3v) is 19.5. The van der Waals surface area contributed by atoms with Gasteiger partial charge in [0.25, 0.3) is 0 Å². The maximum absolute atomic E-state index is 13.5. The van der Waals surface area contributed by atoms with Crippen LogP contribution in [0.15, 0.2) is 0 Å². The summed E-state index contributed by atoms with van der Waals surface area (Å²) in [5.74, 6) is 0.934. The van der Waals surface area contributed by atoms with Crippen molar-refractivity contribution in [1.29, 1.82) is 0 Å².